The molecule has 0 unspecified atom stereocenters. The first-order valence-electron chi connectivity index (χ1n) is 10.2. The third kappa shape index (κ3) is 3.10. The normalized spacial score (nSPS) is 26.5. The molecule has 1 aliphatic heterocycles. The Morgan fingerprint density at radius 2 is 2.10 bits per heavy atom. The summed E-state index contributed by atoms with van der Waals surface area (Å²) in [5.74, 6) is 0.180. The van der Waals surface area contributed by atoms with E-state index in [4.69, 9.17) is 10.5 Å². The van der Waals surface area contributed by atoms with Gasteiger partial charge in [-0.1, -0.05) is 12.1 Å². The fourth-order valence-electron chi connectivity index (χ4n) is 4.61. The molecule has 5 N–H and O–H groups in total. The maximum atomic E-state index is 14.5. The van der Waals surface area contributed by atoms with Crippen molar-refractivity contribution >= 4 is 16.9 Å². The smallest absolute Gasteiger partial charge is 0.154 e. The fraction of sp³-hybridized carbons (Fsp3) is 0.429. The van der Waals surface area contributed by atoms with Crippen molar-refractivity contribution in [2.75, 3.05) is 12.3 Å². The Hall–Kier alpha value is -2.75. The molecule has 0 bridgehead atoms. The lowest BCUT2D eigenvalue weighted by Gasteiger charge is -2.21. The fourth-order valence-corrected chi connectivity index (χ4v) is 4.61. The zero-order valence-corrected chi connectivity index (χ0v) is 16.3. The van der Waals surface area contributed by atoms with Gasteiger partial charge in [0.2, 0.25) is 0 Å². The van der Waals surface area contributed by atoms with Crippen LogP contribution in [0.1, 0.15) is 30.0 Å². The number of aliphatic hydroxyl groups excluding tert-OH is 2. The first kappa shape index (κ1) is 19.2. The number of nitrogens with one attached hydrogen (secondary N) is 1. The molecular formula is C21H24FN5O3. The van der Waals surface area contributed by atoms with Gasteiger partial charge in [0.15, 0.2) is 5.82 Å². The monoisotopic (exact) mass is 413 g/mol. The van der Waals surface area contributed by atoms with Gasteiger partial charge in [0.25, 0.3) is 0 Å². The van der Waals surface area contributed by atoms with Gasteiger partial charge in [0, 0.05) is 24.7 Å². The second-order valence-corrected chi connectivity index (χ2v) is 7.96. The highest BCUT2D eigenvalue weighted by molar-refractivity contribution is 5.86. The van der Waals surface area contributed by atoms with Crippen LogP contribution in [0.2, 0.25) is 0 Å². The van der Waals surface area contributed by atoms with Crippen LogP contribution in [0.15, 0.2) is 30.7 Å². The molecule has 2 aromatic heterocycles. The van der Waals surface area contributed by atoms with Gasteiger partial charge in [-0.3, -0.25) is 0 Å². The van der Waals surface area contributed by atoms with Gasteiger partial charge in [-0.25, -0.2) is 14.4 Å². The van der Waals surface area contributed by atoms with Crippen molar-refractivity contribution < 1.29 is 19.3 Å². The number of ether oxygens (including phenoxy) is 1. The molecule has 1 saturated carbocycles. The van der Waals surface area contributed by atoms with E-state index in [0.717, 1.165) is 24.9 Å². The van der Waals surface area contributed by atoms with E-state index in [1.54, 1.807) is 0 Å². The third-order valence-corrected chi connectivity index (χ3v) is 6.16. The predicted octanol–water partition coefficient (Wildman–Crippen LogP) is 1.30. The number of aryl methyl sites for hydroxylation is 1. The van der Waals surface area contributed by atoms with Crippen LogP contribution in [0.3, 0.4) is 0 Å². The maximum absolute atomic E-state index is 14.5. The number of nitrogen functional groups attached to an aromatic ring is 1. The molecule has 9 heteroatoms. The standard InChI is InChI=1S/C21H24FN5O3/c22-13-9-27(21-17(13)20(23)25-10-26-21)14-7-16(19(29)18(14)28)30-15-5-1-3-11-4-2-6-24-8-12(11)15/h1,3,5,9-10,14,16,18-19,24,28-29H,2,4,6-8H2,(H2,23,25,26)/t14-,16+,18+,19-/m1/s1. The number of aromatic nitrogens is 3. The summed E-state index contributed by atoms with van der Waals surface area (Å²) in [5.41, 5.74) is 8.39. The van der Waals surface area contributed by atoms with Crippen molar-refractivity contribution in [3.63, 3.8) is 0 Å². The number of hydrogen-bond donors (Lipinski definition) is 4. The van der Waals surface area contributed by atoms with Crippen LogP contribution >= 0.6 is 0 Å². The minimum atomic E-state index is -1.14. The van der Waals surface area contributed by atoms with Gasteiger partial charge >= 0.3 is 0 Å². The van der Waals surface area contributed by atoms with Crippen LogP contribution in [0.5, 0.6) is 5.75 Å². The second-order valence-electron chi connectivity index (χ2n) is 7.96. The Morgan fingerprint density at radius 1 is 1.23 bits per heavy atom. The number of halogens is 1. The highest BCUT2D eigenvalue weighted by atomic mass is 19.1. The van der Waals surface area contributed by atoms with E-state index >= 15 is 0 Å². The van der Waals surface area contributed by atoms with Crippen LogP contribution in [-0.2, 0) is 13.0 Å². The highest BCUT2D eigenvalue weighted by Gasteiger charge is 2.45. The van der Waals surface area contributed by atoms with E-state index in [1.165, 1.54) is 22.7 Å². The van der Waals surface area contributed by atoms with Gasteiger partial charge in [-0.15, -0.1) is 0 Å². The average molecular weight is 413 g/mol. The number of fused-ring (bicyclic) bond motifs is 2. The first-order chi connectivity index (χ1) is 14.5. The molecule has 4 atom stereocenters. The van der Waals surface area contributed by atoms with Crippen molar-refractivity contribution in [2.24, 2.45) is 0 Å². The molecule has 3 aromatic rings. The minimum absolute atomic E-state index is 0.0385. The molecule has 1 aliphatic carbocycles. The second kappa shape index (κ2) is 7.50. The van der Waals surface area contributed by atoms with E-state index in [0.29, 0.717) is 18.7 Å². The van der Waals surface area contributed by atoms with Crippen LogP contribution in [0.25, 0.3) is 11.0 Å². The van der Waals surface area contributed by atoms with Crippen molar-refractivity contribution in [3.05, 3.63) is 47.7 Å². The Labute approximate surface area is 172 Å². The van der Waals surface area contributed by atoms with Gasteiger partial charge < -0.3 is 30.6 Å². The number of nitrogens with two attached hydrogens (primary N) is 1. The molecule has 158 valence electrons. The lowest BCUT2D eigenvalue weighted by molar-refractivity contribution is -0.0166. The SMILES string of the molecule is Nc1ncnc2c1c(F)cn2[C@@H]1C[C@H](Oc2cccc3c2CNCCC3)[C@@H](O)[C@H]1O. The van der Waals surface area contributed by atoms with Crippen molar-refractivity contribution in [1.29, 1.82) is 0 Å². The minimum Gasteiger partial charge on any atom is -0.487 e. The van der Waals surface area contributed by atoms with E-state index < -0.39 is 30.2 Å². The van der Waals surface area contributed by atoms with Crippen molar-refractivity contribution in [3.8, 4) is 5.75 Å². The molecule has 8 nitrogen and oxygen atoms in total. The van der Waals surface area contributed by atoms with Gasteiger partial charge in [0.05, 0.1) is 11.4 Å². The van der Waals surface area contributed by atoms with Crippen molar-refractivity contribution in [2.45, 2.75) is 50.2 Å². The number of aliphatic hydroxyl groups is 2. The molecule has 1 aromatic carbocycles. The Kier molecular flexibility index (Phi) is 4.80. The van der Waals surface area contributed by atoms with Crippen molar-refractivity contribution in [1.82, 2.24) is 19.9 Å². The molecule has 0 amide bonds. The summed E-state index contributed by atoms with van der Waals surface area (Å²) in [6, 6.07) is 5.32. The molecule has 5 rings (SSSR count). The topological polar surface area (TPSA) is 118 Å². The number of benzene rings is 1. The van der Waals surface area contributed by atoms with E-state index in [1.807, 2.05) is 12.1 Å². The first-order valence-corrected chi connectivity index (χ1v) is 10.2. The Morgan fingerprint density at radius 3 is 2.97 bits per heavy atom. The molecule has 30 heavy (non-hydrogen) atoms. The summed E-state index contributed by atoms with van der Waals surface area (Å²) < 4.78 is 22.2. The largest absolute Gasteiger partial charge is 0.487 e. The van der Waals surface area contributed by atoms with Crippen LogP contribution in [0.4, 0.5) is 10.2 Å². The molecule has 3 heterocycles. The summed E-state index contributed by atoms with van der Waals surface area (Å²) in [6.07, 6.45) is 1.93. The average Bonchev–Trinajstić information content (AvgIpc) is 3.08. The summed E-state index contributed by atoms with van der Waals surface area (Å²) in [7, 11) is 0. The zero-order valence-electron chi connectivity index (χ0n) is 16.3. The van der Waals surface area contributed by atoms with Crippen LogP contribution in [-0.4, -0.2) is 49.6 Å². The lowest BCUT2D eigenvalue weighted by atomic mass is 10.0. The predicted molar refractivity (Wildman–Crippen MR) is 108 cm³/mol. The Bertz CT molecular complexity index is 1090. The Balaban J connectivity index is 1.45. The van der Waals surface area contributed by atoms with Crippen LogP contribution in [0, 0.1) is 5.82 Å². The maximum Gasteiger partial charge on any atom is 0.154 e. The summed E-state index contributed by atoms with van der Waals surface area (Å²) in [5, 5.41) is 24.9. The number of rotatable bonds is 3. The molecule has 1 fully saturated rings. The molecule has 2 aliphatic rings. The molecule has 0 saturated heterocycles. The van der Waals surface area contributed by atoms with Gasteiger partial charge in [0.1, 0.15) is 41.9 Å². The quantitative estimate of drug-likeness (QED) is 0.511. The number of hydrogen-bond acceptors (Lipinski definition) is 7. The number of nitrogens with zero attached hydrogens (tertiary/aromatic N) is 3. The molecule has 0 radical (unpaired) electrons. The summed E-state index contributed by atoms with van der Waals surface area (Å²) in [4.78, 5) is 7.97. The van der Waals surface area contributed by atoms with E-state index in [9.17, 15) is 14.6 Å². The third-order valence-electron chi connectivity index (χ3n) is 6.16. The van der Waals surface area contributed by atoms with Gasteiger partial charge in [-0.05, 0) is 31.0 Å². The zero-order chi connectivity index (χ0) is 20.8. The van der Waals surface area contributed by atoms with E-state index in [-0.39, 0.29) is 16.9 Å². The summed E-state index contributed by atoms with van der Waals surface area (Å²) >= 11 is 0. The lowest BCUT2D eigenvalue weighted by Crippen LogP contribution is -2.34. The molecular weight excluding hydrogens is 389 g/mol. The van der Waals surface area contributed by atoms with Gasteiger partial charge in [-0.2, -0.15) is 0 Å². The summed E-state index contributed by atoms with van der Waals surface area (Å²) in [6.45, 7) is 1.64. The van der Waals surface area contributed by atoms with Crippen LogP contribution < -0.4 is 15.8 Å². The highest BCUT2D eigenvalue weighted by Crippen LogP contribution is 2.38. The number of anilines is 1. The van der Waals surface area contributed by atoms with E-state index in [2.05, 4.69) is 21.4 Å². The molecule has 0 spiro atoms.